The van der Waals surface area contributed by atoms with E-state index in [1.807, 2.05) is 36.4 Å². The molecule has 0 aliphatic carbocycles. The summed E-state index contributed by atoms with van der Waals surface area (Å²) in [6.45, 7) is 5.88. The lowest BCUT2D eigenvalue weighted by molar-refractivity contribution is -0.136. The third kappa shape index (κ3) is 5.41. The van der Waals surface area contributed by atoms with E-state index < -0.39 is 18.0 Å². The van der Waals surface area contributed by atoms with Crippen LogP contribution in [0.1, 0.15) is 48.2 Å². The summed E-state index contributed by atoms with van der Waals surface area (Å²) in [6.07, 6.45) is -0.833. The van der Waals surface area contributed by atoms with Gasteiger partial charge in [-0.15, -0.1) is 11.8 Å². The van der Waals surface area contributed by atoms with Gasteiger partial charge in [-0.05, 0) is 50.1 Å². The summed E-state index contributed by atoms with van der Waals surface area (Å²) in [5.74, 6) is -0.502. The highest BCUT2D eigenvalue weighted by Gasteiger charge is 2.41. The number of cyclic esters (lactones) is 1. The molecule has 1 N–H and O–H groups in total. The molecule has 9 heteroatoms. The average Bonchev–Trinajstić information content (AvgIpc) is 3.24. The van der Waals surface area contributed by atoms with Crippen molar-refractivity contribution in [2.45, 2.75) is 37.3 Å². The zero-order valence-electron chi connectivity index (χ0n) is 20.3. The SMILES string of the molecule is CCOC(=O)OC1=C(C)NC2=C(C(=O)OC2)C1c1ccccc1SCc1ccc(C(=O)OCC)cc1. The van der Waals surface area contributed by atoms with E-state index in [1.165, 1.54) is 0 Å². The Kier molecular flexibility index (Phi) is 8.00. The summed E-state index contributed by atoms with van der Waals surface area (Å²) < 4.78 is 20.9. The molecule has 0 spiro atoms. The minimum absolute atomic E-state index is 0.136. The smallest absolute Gasteiger partial charge is 0.462 e. The van der Waals surface area contributed by atoms with Crippen molar-refractivity contribution in [3.05, 3.63) is 87.9 Å². The summed E-state index contributed by atoms with van der Waals surface area (Å²) in [5.41, 5.74) is 4.03. The number of esters is 2. The molecule has 0 fully saturated rings. The van der Waals surface area contributed by atoms with E-state index >= 15 is 0 Å². The van der Waals surface area contributed by atoms with Gasteiger partial charge in [-0.25, -0.2) is 14.4 Å². The van der Waals surface area contributed by atoms with Gasteiger partial charge in [-0.1, -0.05) is 30.3 Å². The number of allylic oxidation sites excluding steroid dienone is 2. The minimum atomic E-state index is -0.833. The lowest BCUT2D eigenvalue weighted by Crippen LogP contribution is -2.28. The Bertz CT molecular complexity index is 1230. The molecule has 0 saturated heterocycles. The first kappa shape index (κ1) is 25.4. The van der Waals surface area contributed by atoms with E-state index in [2.05, 4.69) is 5.32 Å². The Labute approximate surface area is 213 Å². The van der Waals surface area contributed by atoms with Gasteiger partial charge in [0.25, 0.3) is 0 Å². The van der Waals surface area contributed by atoms with Crippen molar-refractivity contribution in [3.8, 4) is 0 Å². The van der Waals surface area contributed by atoms with E-state index in [0.29, 0.717) is 40.6 Å². The van der Waals surface area contributed by atoms with Crippen LogP contribution in [-0.4, -0.2) is 37.9 Å². The van der Waals surface area contributed by atoms with Crippen molar-refractivity contribution in [1.82, 2.24) is 5.32 Å². The van der Waals surface area contributed by atoms with Gasteiger partial charge in [-0.3, -0.25) is 0 Å². The van der Waals surface area contributed by atoms with Gasteiger partial charge in [-0.2, -0.15) is 0 Å². The molecule has 0 saturated carbocycles. The van der Waals surface area contributed by atoms with Crippen LogP contribution in [0.4, 0.5) is 4.79 Å². The summed E-state index contributed by atoms with van der Waals surface area (Å²) in [6, 6.07) is 15.0. The monoisotopic (exact) mass is 509 g/mol. The first-order chi connectivity index (χ1) is 17.4. The molecule has 1 atom stereocenters. The van der Waals surface area contributed by atoms with Crippen LogP contribution >= 0.6 is 11.8 Å². The molecule has 36 heavy (non-hydrogen) atoms. The number of rotatable bonds is 8. The second-order valence-electron chi connectivity index (χ2n) is 8.04. The van der Waals surface area contributed by atoms with Crippen molar-refractivity contribution >= 4 is 29.9 Å². The van der Waals surface area contributed by atoms with Crippen molar-refractivity contribution in [2.75, 3.05) is 19.8 Å². The summed E-state index contributed by atoms with van der Waals surface area (Å²) in [7, 11) is 0. The molecule has 8 nitrogen and oxygen atoms in total. The topological polar surface area (TPSA) is 100 Å². The second-order valence-corrected chi connectivity index (χ2v) is 9.06. The maximum atomic E-state index is 12.7. The van der Waals surface area contributed by atoms with E-state index in [0.717, 1.165) is 16.0 Å². The highest BCUT2D eigenvalue weighted by molar-refractivity contribution is 7.98. The number of hydrogen-bond donors (Lipinski definition) is 1. The number of benzene rings is 2. The predicted molar refractivity (Wildman–Crippen MR) is 133 cm³/mol. The Hall–Kier alpha value is -3.72. The Morgan fingerprint density at radius 3 is 2.50 bits per heavy atom. The maximum Gasteiger partial charge on any atom is 0.513 e. The minimum Gasteiger partial charge on any atom is -0.462 e. The molecule has 2 aromatic rings. The van der Waals surface area contributed by atoms with Crippen LogP contribution in [-0.2, 0) is 29.5 Å². The standard InChI is InChI=1S/C27H27NO7S/c1-4-32-25(29)18-12-10-17(11-13-18)15-36-21-9-7-6-8-19(21)22-23-20(14-34-26(23)30)28-16(3)24(22)35-27(31)33-5-2/h6-13,22,28H,4-5,14-15H2,1-3H3. The number of dihydropyridines is 1. The van der Waals surface area contributed by atoms with Crippen LogP contribution in [0.15, 0.2) is 76.2 Å². The highest BCUT2D eigenvalue weighted by Crippen LogP contribution is 2.44. The summed E-state index contributed by atoms with van der Waals surface area (Å²) in [5, 5.41) is 3.14. The second kappa shape index (κ2) is 11.3. The summed E-state index contributed by atoms with van der Waals surface area (Å²) >= 11 is 1.58. The Balaban J connectivity index is 1.63. The zero-order valence-corrected chi connectivity index (χ0v) is 21.1. The van der Waals surface area contributed by atoms with Gasteiger partial charge in [0, 0.05) is 10.6 Å². The van der Waals surface area contributed by atoms with E-state index in [4.69, 9.17) is 18.9 Å². The Morgan fingerprint density at radius 1 is 1.06 bits per heavy atom. The van der Waals surface area contributed by atoms with E-state index in [1.54, 1.807) is 44.7 Å². The average molecular weight is 510 g/mol. The van der Waals surface area contributed by atoms with Crippen molar-refractivity contribution < 1.29 is 33.3 Å². The Morgan fingerprint density at radius 2 is 1.78 bits per heavy atom. The molecule has 0 bridgehead atoms. The lowest BCUT2D eigenvalue weighted by Gasteiger charge is -2.28. The first-order valence-corrected chi connectivity index (χ1v) is 12.6. The van der Waals surface area contributed by atoms with Gasteiger partial charge >= 0.3 is 18.1 Å². The molecule has 0 radical (unpaired) electrons. The van der Waals surface area contributed by atoms with E-state index in [9.17, 15) is 14.4 Å². The van der Waals surface area contributed by atoms with Crippen molar-refractivity contribution in [3.63, 3.8) is 0 Å². The first-order valence-electron chi connectivity index (χ1n) is 11.6. The maximum absolute atomic E-state index is 12.7. The fourth-order valence-corrected chi connectivity index (χ4v) is 5.12. The van der Waals surface area contributed by atoms with Gasteiger partial charge in [0.15, 0.2) is 0 Å². The summed E-state index contributed by atoms with van der Waals surface area (Å²) in [4.78, 5) is 37.8. The zero-order chi connectivity index (χ0) is 25.7. The van der Waals surface area contributed by atoms with Crippen LogP contribution < -0.4 is 5.32 Å². The van der Waals surface area contributed by atoms with Crippen LogP contribution in [0, 0.1) is 0 Å². The molecule has 0 aromatic heterocycles. The number of ether oxygens (including phenoxy) is 4. The van der Waals surface area contributed by atoms with Crippen LogP contribution in [0.2, 0.25) is 0 Å². The molecule has 4 rings (SSSR count). The fraction of sp³-hybridized carbons (Fsp3) is 0.296. The number of carbonyl (C=O) groups excluding carboxylic acids is 3. The van der Waals surface area contributed by atoms with Crippen LogP contribution in [0.5, 0.6) is 0 Å². The molecule has 2 aliphatic heterocycles. The predicted octanol–water partition coefficient (Wildman–Crippen LogP) is 5.06. The third-order valence-corrected chi connectivity index (χ3v) is 6.86. The molecule has 2 aromatic carbocycles. The normalized spacial score (nSPS) is 16.8. The van der Waals surface area contributed by atoms with Crippen LogP contribution in [0.25, 0.3) is 0 Å². The molecule has 2 heterocycles. The number of thioether (sulfide) groups is 1. The molecular formula is C27H27NO7S. The molecule has 188 valence electrons. The van der Waals surface area contributed by atoms with Gasteiger partial charge < -0.3 is 24.3 Å². The molecular weight excluding hydrogens is 482 g/mol. The number of nitrogens with one attached hydrogen (secondary N) is 1. The number of carbonyl (C=O) groups is 3. The van der Waals surface area contributed by atoms with E-state index in [-0.39, 0.29) is 19.2 Å². The third-order valence-electron chi connectivity index (χ3n) is 5.70. The van der Waals surface area contributed by atoms with Crippen LogP contribution in [0.3, 0.4) is 0 Å². The largest absolute Gasteiger partial charge is 0.513 e. The van der Waals surface area contributed by atoms with Gasteiger partial charge in [0.1, 0.15) is 12.4 Å². The van der Waals surface area contributed by atoms with Crippen molar-refractivity contribution in [2.24, 2.45) is 0 Å². The van der Waals surface area contributed by atoms with Gasteiger partial charge in [0.2, 0.25) is 0 Å². The fourth-order valence-electron chi connectivity index (χ4n) is 4.08. The highest BCUT2D eigenvalue weighted by atomic mass is 32.2. The number of hydrogen-bond acceptors (Lipinski definition) is 9. The molecule has 2 aliphatic rings. The molecule has 0 amide bonds. The van der Waals surface area contributed by atoms with Crippen molar-refractivity contribution in [1.29, 1.82) is 0 Å². The lowest BCUT2D eigenvalue weighted by atomic mass is 9.85. The van der Waals surface area contributed by atoms with Gasteiger partial charge in [0.05, 0.1) is 41.7 Å². The molecule has 1 unspecified atom stereocenters. The quantitative estimate of drug-likeness (QED) is 0.297.